The fourth-order valence-corrected chi connectivity index (χ4v) is 5.06. The average molecular weight is 442 g/mol. The standard InChI is InChI=1S/C20H23ClF3N5O/c1-19(9-30-10-19)7-29-16(3-15(27-29)11-2-14(21)18(25)26-4-11)17-12-5-28(6-13(12)17)8-20(22,23)24/h2-4,12-13,17H,5-10H2,1H3,(H2,25,26)/t12-,13?,17?/m1/s1. The number of hydrogen-bond donors (Lipinski definition) is 1. The van der Waals surface area contributed by atoms with Crippen LogP contribution in [-0.2, 0) is 11.3 Å². The molecule has 3 atom stereocenters. The van der Waals surface area contributed by atoms with E-state index in [-0.39, 0.29) is 29.0 Å². The molecule has 2 aromatic rings. The highest BCUT2D eigenvalue weighted by atomic mass is 35.5. The van der Waals surface area contributed by atoms with Crippen LogP contribution in [0.5, 0.6) is 0 Å². The lowest BCUT2D eigenvalue weighted by Gasteiger charge is -2.38. The maximum atomic E-state index is 12.7. The summed E-state index contributed by atoms with van der Waals surface area (Å²) < 4.78 is 45.6. The van der Waals surface area contributed by atoms with Crippen LogP contribution in [0.1, 0.15) is 18.5 Å². The topological polar surface area (TPSA) is 69.2 Å². The quantitative estimate of drug-likeness (QED) is 0.770. The Labute approximate surface area is 177 Å². The van der Waals surface area contributed by atoms with Gasteiger partial charge in [0, 0.05) is 41.9 Å². The van der Waals surface area contributed by atoms with Crippen LogP contribution in [-0.4, -0.2) is 58.7 Å². The molecule has 3 aliphatic rings. The van der Waals surface area contributed by atoms with Crippen LogP contribution < -0.4 is 5.73 Å². The number of ether oxygens (including phenoxy) is 1. The Bertz CT molecular complexity index is 962. The van der Waals surface area contributed by atoms with Crippen molar-refractivity contribution in [3.8, 4) is 11.3 Å². The van der Waals surface area contributed by atoms with E-state index in [4.69, 9.17) is 27.2 Å². The molecular formula is C20H23ClF3N5O. The summed E-state index contributed by atoms with van der Waals surface area (Å²) in [5, 5.41) is 5.18. The third-order valence-corrected chi connectivity index (χ3v) is 6.73. The van der Waals surface area contributed by atoms with Crippen LogP contribution in [0.25, 0.3) is 11.3 Å². The summed E-state index contributed by atoms with van der Waals surface area (Å²) in [6.07, 6.45) is -2.51. The molecule has 2 aliphatic heterocycles. The third-order valence-electron chi connectivity index (χ3n) is 6.42. The fraction of sp³-hybridized carbons (Fsp3) is 0.600. The Balaban J connectivity index is 1.40. The zero-order valence-corrected chi connectivity index (χ0v) is 17.2. The van der Waals surface area contributed by atoms with Crippen molar-refractivity contribution in [2.45, 2.75) is 25.6 Å². The van der Waals surface area contributed by atoms with Crippen LogP contribution in [0.2, 0.25) is 5.02 Å². The van der Waals surface area contributed by atoms with Gasteiger partial charge in [0.25, 0.3) is 0 Å². The van der Waals surface area contributed by atoms with Gasteiger partial charge in [0.2, 0.25) is 0 Å². The highest BCUT2D eigenvalue weighted by Gasteiger charge is 2.58. The Kier molecular flexibility index (Phi) is 4.57. The number of nitrogens with two attached hydrogens (primary N) is 1. The summed E-state index contributed by atoms with van der Waals surface area (Å²) in [5.41, 5.74) is 8.33. The van der Waals surface area contributed by atoms with Gasteiger partial charge in [-0.3, -0.25) is 9.58 Å². The van der Waals surface area contributed by atoms with E-state index >= 15 is 0 Å². The lowest BCUT2D eigenvalue weighted by atomic mass is 9.88. The molecule has 0 bridgehead atoms. The van der Waals surface area contributed by atoms with Gasteiger partial charge in [-0.25, -0.2) is 4.98 Å². The molecule has 1 aliphatic carbocycles. The molecule has 162 valence electrons. The summed E-state index contributed by atoms with van der Waals surface area (Å²) >= 11 is 6.13. The Morgan fingerprint density at radius 3 is 2.53 bits per heavy atom. The summed E-state index contributed by atoms with van der Waals surface area (Å²) in [4.78, 5) is 5.63. The number of nitrogens with zero attached hydrogens (tertiary/aromatic N) is 4. The van der Waals surface area contributed by atoms with Crippen molar-refractivity contribution < 1.29 is 17.9 Å². The zero-order valence-electron chi connectivity index (χ0n) is 16.5. The number of halogens is 4. The van der Waals surface area contributed by atoms with E-state index < -0.39 is 12.7 Å². The fourth-order valence-electron chi connectivity index (χ4n) is 4.89. The number of pyridine rings is 1. The molecule has 2 aromatic heterocycles. The van der Waals surface area contributed by atoms with Crippen molar-refractivity contribution in [3.05, 3.63) is 29.0 Å². The van der Waals surface area contributed by atoms with Crippen molar-refractivity contribution >= 4 is 17.4 Å². The second-order valence-electron chi connectivity index (χ2n) is 9.17. The van der Waals surface area contributed by atoms with Crippen LogP contribution in [0.4, 0.5) is 19.0 Å². The van der Waals surface area contributed by atoms with Crippen LogP contribution in [0.15, 0.2) is 18.3 Å². The van der Waals surface area contributed by atoms with E-state index in [0.29, 0.717) is 37.9 Å². The Morgan fingerprint density at radius 1 is 1.27 bits per heavy atom. The number of aromatic nitrogens is 3. The number of piperidine rings is 1. The average Bonchev–Trinajstić information content (AvgIpc) is 2.97. The van der Waals surface area contributed by atoms with E-state index in [1.54, 1.807) is 12.3 Å². The largest absolute Gasteiger partial charge is 0.401 e. The highest BCUT2D eigenvalue weighted by molar-refractivity contribution is 6.33. The molecule has 0 radical (unpaired) electrons. The zero-order chi connectivity index (χ0) is 21.3. The van der Waals surface area contributed by atoms with Gasteiger partial charge in [0.1, 0.15) is 5.82 Å². The third kappa shape index (κ3) is 3.67. The molecule has 2 unspecified atom stereocenters. The second-order valence-corrected chi connectivity index (χ2v) is 9.58. The molecule has 5 rings (SSSR count). The maximum Gasteiger partial charge on any atom is 0.401 e. The lowest BCUT2D eigenvalue weighted by molar-refractivity contribution is -0.144. The van der Waals surface area contributed by atoms with E-state index in [9.17, 15) is 13.2 Å². The summed E-state index contributed by atoms with van der Waals surface area (Å²) in [5.74, 6) is 0.988. The molecule has 0 spiro atoms. The molecule has 4 heterocycles. The molecule has 2 saturated heterocycles. The number of nitrogen functional groups attached to an aromatic ring is 1. The predicted molar refractivity (Wildman–Crippen MR) is 106 cm³/mol. The number of rotatable bonds is 5. The Hall–Kier alpha value is -1.84. The van der Waals surface area contributed by atoms with Crippen molar-refractivity contribution in [2.24, 2.45) is 17.3 Å². The van der Waals surface area contributed by atoms with Gasteiger partial charge in [-0.2, -0.15) is 18.3 Å². The van der Waals surface area contributed by atoms with Gasteiger partial charge >= 0.3 is 6.18 Å². The summed E-state index contributed by atoms with van der Waals surface area (Å²) in [6, 6.07) is 3.77. The van der Waals surface area contributed by atoms with Gasteiger partial charge < -0.3 is 10.5 Å². The molecule has 3 fully saturated rings. The highest BCUT2D eigenvalue weighted by Crippen LogP contribution is 2.59. The number of anilines is 1. The van der Waals surface area contributed by atoms with Gasteiger partial charge in [-0.15, -0.1) is 0 Å². The van der Waals surface area contributed by atoms with E-state index in [0.717, 1.165) is 17.0 Å². The lowest BCUT2D eigenvalue weighted by Crippen LogP contribution is -2.43. The van der Waals surface area contributed by atoms with Gasteiger partial charge in [0.15, 0.2) is 0 Å². The normalized spacial score (nSPS) is 27.7. The van der Waals surface area contributed by atoms with E-state index in [2.05, 4.69) is 11.9 Å². The first-order valence-electron chi connectivity index (χ1n) is 9.98. The van der Waals surface area contributed by atoms with Gasteiger partial charge in [0.05, 0.1) is 37.0 Å². The maximum absolute atomic E-state index is 12.7. The molecule has 30 heavy (non-hydrogen) atoms. The molecular weight excluding hydrogens is 419 g/mol. The predicted octanol–water partition coefficient (Wildman–Crippen LogP) is 3.42. The Morgan fingerprint density at radius 2 is 1.97 bits per heavy atom. The molecule has 1 saturated carbocycles. The molecule has 2 N–H and O–H groups in total. The second kappa shape index (κ2) is 6.83. The monoisotopic (exact) mass is 441 g/mol. The minimum absolute atomic E-state index is 0.0152. The first-order chi connectivity index (χ1) is 14.1. The SMILES string of the molecule is CC1(Cn2nc(-c3cnc(N)c(Cl)c3)cc2C2C3CN(CC(F)(F)F)C[C@H]32)COC1. The number of hydrogen-bond acceptors (Lipinski definition) is 5. The number of alkyl halides is 3. The molecule has 0 amide bonds. The summed E-state index contributed by atoms with van der Waals surface area (Å²) in [7, 11) is 0. The molecule has 0 aromatic carbocycles. The van der Waals surface area contributed by atoms with Crippen molar-refractivity contribution in [1.29, 1.82) is 0 Å². The van der Waals surface area contributed by atoms with Crippen molar-refractivity contribution in [1.82, 2.24) is 19.7 Å². The molecule has 6 nitrogen and oxygen atoms in total. The van der Waals surface area contributed by atoms with Gasteiger partial charge in [-0.05, 0) is 24.0 Å². The number of likely N-dealkylation sites (tertiary alicyclic amines) is 1. The first kappa shape index (κ1) is 20.1. The van der Waals surface area contributed by atoms with E-state index in [1.165, 1.54) is 4.90 Å². The first-order valence-corrected chi connectivity index (χ1v) is 10.4. The minimum Gasteiger partial charge on any atom is -0.382 e. The van der Waals surface area contributed by atoms with Crippen LogP contribution in [0.3, 0.4) is 0 Å². The van der Waals surface area contributed by atoms with E-state index in [1.807, 2.05) is 10.7 Å². The van der Waals surface area contributed by atoms with Crippen molar-refractivity contribution in [2.75, 3.05) is 38.6 Å². The smallest absolute Gasteiger partial charge is 0.382 e. The van der Waals surface area contributed by atoms with Gasteiger partial charge in [-0.1, -0.05) is 18.5 Å². The van der Waals surface area contributed by atoms with Crippen molar-refractivity contribution in [3.63, 3.8) is 0 Å². The van der Waals surface area contributed by atoms with Crippen LogP contribution >= 0.6 is 11.6 Å². The van der Waals surface area contributed by atoms with Crippen LogP contribution in [0, 0.1) is 17.3 Å². The minimum atomic E-state index is -4.15. The molecule has 10 heteroatoms. The summed E-state index contributed by atoms with van der Waals surface area (Å²) in [6.45, 7) is 4.34. The number of fused-ring (bicyclic) bond motifs is 1.